The average Bonchev–Trinajstić information content (AvgIpc) is 3.26. The molecule has 2 rings (SSSR count). The number of hydrogen-bond acceptors (Lipinski definition) is 3. The molecule has 5 heteroatoms. The van der Waals surface area contributed by atoms with Crippen LogP contribution in [0.15, 0.2) is 35.9 Å². The summed E-state index contributed by atoms with van der Waals surface area (Å²) < 4.78 is 5.55. The lowest BCUT2D eigenvalue weighted by Gasteiger charge is -2.11. The minimum absolute atomic E-state index is 0.171. The fraction of sp³-hybridized carbons (Fsp3) is 0.412. The second-order valence-electron chi connectivity index (χ2n) is 5.89. The molecule has 0 unspecified atom stereocenters. The molecule has 0 atom stereocenters. The molecule has 0 bridgehead atoms. The smallest absolute Gasteiger partial charge is 0.311 e. The molecule has 118 valence electrons. The summed E-state index contributed by atoms with van der Waals surface area (Å²) in [5, 5.41) is 11.8. The van der Waals surface area contributed by atoms with Crippen LogP contribution in [0.25, 0.3) is 0 Å². The third-order valence-corrected chi connectivity index (χ3v) is 3.73. The fourth-order valence-electron chi connectivity index (χ4n) is 2.00. The Kier molecular flexibility index (Phi) is 4.85. The molecule has 1 aliphatic carbocycles. The van der Waals surface area contributed by atoms with E-state index in [1.165, 1.54) is 0 Å². The molecule has 1 saturated carbocycles. The van der Waals surface area contributed by atoms with E-state index in [9.17, 15) is 9.59 Å². The van der Waals surface area contributed by atoms with E-state index in [1.807, 2.05) is 19.9 Å². The van der Waals surface area contributed by atoms with Crippen LogP contribution in [0, 0.1) is 5.41 Å². The first-order valence-corrected chi connectivity index (χ1v) is 7.31. The van der Waals surface area contributed by atoms with Crippen LogP contribution in [0.3, 0.4) is 0 Å². The van der Waals surface area contributed by atoms with Gasteiger partial charge >= 0.3 is 5.97 Å². The molecule has 1 fully saturated rings. The van der Waals surface area contributed by atoms with E-state index in [4.69, 9.17) is 9.84 Å². The Balaban J connectivity index is 1.92. The molecule has 2 N–H and O–H groups in total. The highest BCUT2D eigenvalue weighted by atomic mass is 16.5. The Morgan fingerprint density at radius 2 is 2.09 bits per heavy atom. The summed E-state index contributed by atoms with van der Waals surface area (Å²) in [5.74, 6) is -0.503. The number of ether oxygens (including phenoxy) is 1. The van der Waals surface area contributed by atoms with Crippen molar-refractivity contribution in [2.45, 2.75) is 26.7 Å². The standard InChI is InChI=1S/C17H21NO4/c1-12(2)6-9-22-14-5-3-4-13(10-14)15(19)18-11-17(7-8-17)16(20)21/h3-6,10H,7-9,11H2,1-2H3,(H,18,19)(H,20,21). The normalized spacial score (nSPS) is 14.8. The van der Waals surface area contributed by atoms with Gasteiger partial charge in [-0.15, -0.1) is 0 Å². The van der Waals surface area contributed by atoms with Crippen LogP contribution in [-0.4, -0.2) is 30.1 Å². The van der Waals surface area contributed by atoms with Gasteiger partial charge in [-0.3, -0.25) is 9.59 Å². The molecule has 5 nitrogen and oxygen atoms in total. The van der Waals surface area contributed by atoms with Gasteiger partial charge in [0.15, 0.2) is 0 Å². The van der Waals surface area contributed by atoms with E-state index in [1.54, 1.807) is 24.3 Å². The van der Waals surface area contributed by atoms with Crippen molar-refractivity contribution in [2.24, 2.45) is 5.41 Å². The van der Waals surface area contributed by atoms with E-state index in [2.05, 4.69) is 5.32 Å². The molecule has 1 aromatic carbocycles. The minimum Gasteiger partial charge on any atom is -0.490 e. The van der Waals surface area contributed by atoms with Crippen LogP contribution < -0.4 is 10.1 Å². The molecule has 1 aromatic rings. The Hall–Kier alpha value is -2.30. The molecule has 1 aliphatic rings. The molecule has 0 aromatic heterocycles. The second kappa shape index (κ2) is 6.64. The predicted octanol–water partition coefficient (Wildman–Crippen LogP) is 2.63. The number of nitrogens with one attached hydrogen (secondary N) is 1. The lowest BCUT2D eigenvalue weighted by molar-refractivity contribution is -0.143. The van der Waals surface area contributed by atoms with Crippen molar-refractivity contribution in [3.63, 3.8) is 0 Å². The number of carbonyl (C=O) groups excluding carboxylic acids is 1. The Morgan fingerprint density at radius 3 is 2.68 bits per heavy atom. The predicted molar refractivity (Wildman–Crippen MR) is 83.0 cm³/mol. The zero-order chi connectivity index (χ0) is 16.2. The van der Waals surface area contributed by atoms with Gasteiger partial charge < -0.3 is 15.2 Å². The number of aliphatic carboxylic acids is 1. The number of allylic oxidation sites excluding steroid dienone is 1. The van der Waals surface area contributed by atoms with E-state index in [-0.39, 0.29) is 12.5 Å². The van der Waals surface area contributed by atoms with Gasteiger partial charge in [0.1, 0.15) is 12.4 Å². The quantitative estimate of drug-likeness (QED) is 0.759. The second-order valence-corrected chi connectivity index (χ2v) is 5.89. The molecule has 0 spiro atoms. The number of carboxylic acid groups (broad SMARTS) is 1. The highest BCUT2D eigenvalue weighted by Crippen LogP contribution is 2.45. The topological polar surface area (TPSA) is 75.6 Å². The van der Waals surface area contributed by atoms with Gasteiger partial charge in [0, 0.05) is 12.1 Å². The minimum atomic E-state index is -0.841. The van der Waals surface area contributed by atoms with Crippen LogP contribution in [0.2, 0.25) is 0 Å². The summed E-state index contributed by atoms with van der Waals surface area (Å²) in [7, 11) is 0. The maximum absolute atomic E-state index is 12.1. The summed E-state index contributed by atoms with van der Waals surface area (Å²) in [6.45, 7) is 4.60. The molecule has 0 saturated heterocycles. The molecule has 22 heavy (non-hydrogen) atoms. The molecule has 0 radical (unpaired) electrons. The number of rotatable bonds is 7. The van der Waals surface area contributed by atoms with Crippen LogP contribution in [0.5, 0.6) is 5.75 Å². The highest BCUT2D eigenvalue weighted by molar-refractivity contribution is 5.95. The number of amides is 1. The lowest BCUT2D eigenvalue weighted by atomic mass is 10.1. The summed E-state index contributed by atoms with van der Waals surface area (Å²) in [6, 6.07) is 6.88. The summed E-state index contributed by atoms with van der Waals surface area (Å²) >= 11 is 0. The molecular weight excluding hydrogens is 282 g/mol. The van der Waals surface area contributed by atoms with Crippen molar-refractivity contribution in [3.8, 4) is 5.75 Å². The summed E-state index contributed by atoms with van der Waals surface area (Å²) in [4.78, 5) is 23.2. The van der Waals surface area contributed by atoms with E-state index < -0.39 is 11.4 Å². The van der Waals surface area contributed by atoms with E-state index in [0.717, 1.165) is 5.57 Å². The van der Waals surface area contributed by atoms with E-state index >= 15 is 0 Å². The molecule has 1 amide bonds. The lowest BCUT2D eigenvalue weighted by Crippen LogP contribution is -2.34. The number of carboxylic acids is 1. The zero-order valence-corrected chi connectivity index (χ0v) is 12.9. The van der Waals surface area contributed by atoms with Gasteiger partial charge in [-0.2, -0.15) is 0 Å². The molecule has 0 aliphatic heterocycles. The number of benzene rings is 1. The number of carbonyl (C=O) groups is 2. The first kappa shape index (κ1) is 16.1. The Morgan fingerprint density at radius 1 is 1.36 bits per heavy atom. The van der Waals surface area contributed by atoms with Crippen LogP contribution in [0.1, 0.15) is 37.0 Å². The van der Waals surface area contributed by atoms with Gasteiger partial charge in [-0.25, -0.2) is 0 Å². The van der Waals surface area contributed by atoms with Crippen molar-refractivity contribution in [2.75, 3.05) is 13.2 Å². The zero-order valence-electron chi connectivity index (χ0n) is 12.9. The SMILES string of the molecule is CC(C)=CCOc1cccc(C(=O)NCC2(C(=O)O)CC2)c1. The van der Waals surface area contributed by atoms with Crippen molar-refractivity contribution < 1.29 is 19.4 Å². The Bertz CT molecular complexity index is 598. The van der Waals surface area contributed by atoms with Crippen molar-refractivity contribution in [3.05, 3.63) is 41.5 Å². The first-order chi connectivity index (χ1) is 10.4. The maximum Gasteiger partial charge on any atom is 0.311 e. The molecule has 0 heterocycles. The van der Waals surface area contributed by atoms with Gasteiger partial charge in [0.25, 0.3) is 5.91 Å². The summed E-state index contributed by atoms with van der Waals surface area (Å²) in [5.41, 5.74) is 0.876. The van der Waals surface area contributed by atoms with Crippen molar-refractivity contribution in [1.82, 2.24) is 5.32 Å². The maximum atomic E-state index is 12.1. The van der Waals surface area contributed by atoms with Crippen molar-refractivity contribution >= 4 is 11.9 Å². The Labute approximate surface area is 130 Å². The van der Waals surface area contributed by atoms with Crippen LogP contribution >= 0.6 is 0 Å². The van der Waals surface area contributed by atoms with Crippen LogP contribution in [-0.2, 0) is 4.79 Å². The first-order valence-electron chi connectivity index (χ1n) is 7.31. The monoisotopic (exact) mass is 303 g/mol. The van der Waals surface area contributed by atoms with Gasteiger partial charge in [0.2, 0.25) is 0 Å². The third kappa shape index (κ3) is 4.10. The molecular formula is C17H21NO4. The fourth-order valence-corrected chi connectivity index (χ4v) is 2.00. The van der Waals surface area contributed by atoms with Gasteiger partial charge in [-0.1, -0.05) is 11.6 Å². The number of hydrogen-bond donors (Lipinski definition) is 2. The van der Waals surface area contributed by atoms with Gasteiger partial charge in [-0.05, 0) is 51.0 Å². The van der Waals surface area contributed by atoms with Crippen molar-refractivity contribution in [1.29, 1.82) is 0 Å². The average molecular weight is 303 g/mol. The third-order valence-electron chi connectivity index (χ3n) is 3.73. The summed E-state index contributed by atoms with van der Waals surface area (Å²) in [6.07, 6.45) is 3.19. The van der Waals surface area contributed by atoms with E-state index in [0.29, 0.717) is 30.8 Å². The largest absolute Gasteiger partial charge is 0.490 e. The van der Waals surface area contributed by atoms with Crippen LogP contribution in [0.4, 0.5) is 0 Å². The highest BCUT2D eigenvalue weighted by Gasteiger charge is 2.50. The van der Waals surface area contributed by atoms with Gasteiger partial charge in [0.05, 0.1) is 5.41 Å².